The highest BCUT2D eigenvalue weighted by Crippen LogP contribution is 2.23. The molecule has 0 aromatic rings. The Morgan fingerprint density at radius 3 is 2.40 bits per heavy atom. The van der Waals surface area contributed by atoms with E-state index in [2.05, 4.69) is 17.1 Å². The molecule has 2 saturated heterocycles. The third-order valence-electron chi connectivity index (χ3n) is 4.56. The first-order valence-corrected chi connectivity index (χ1v) is 7.93. The number of likely N-dealkylation sites (tertiary alicyclic amines) is 1. The van der Waals surface area contributed by atoms with Gasteiger partial charge in [-0.15, -0.1) is 0 Å². The third-order valence-corrected chi connectivity index (χ3v) is 4.56. The molecule has 2 heterocycles. The van der Waals surface area contributed by atoms with Gasteiger partial charge in [-0.1, -0.05) is 13.8 Å². The van der Waals surface area contributed by atoms with E-state index in [0.29, 0.717) is 6.42 Å². The van der Waals surface area contributed by atoms with Gasteiger partial charge in [-0.2, -0.15) is 0 Å². The Balaban J connectivity index is 2.02. The van der Waals surface area contributed by atoms with Crippen molar-refractivity contribution in [2.45, 2.75) is 64.6 Å². The third kappa shape index (κ3) is 2.97. The van der Waals surface area contributed by atoms with Gasteiger partial charge in [0.15, 0.2) is 0 Å². The van der Waals surface area contributed by atoms with E-state index in [-0.39, 0.29) is 29.9 Å². The molecular formula is C15H27N3O2. The summed E-state index contributed by atoms with van der Waals surface area (Å²) in [5.74, 6) is 0.0981. The summed E-state index contributed by atoms with van der Waals surface area (Å²) in [7, 11) is 0. The number of carbonyl (C=O) groups is 2. The van der Waals surface area contributed by atoms with Crippen molar-refractivity contribution in [3.8, 4) is 0 Å². The van der Waals surface area contributed by atoms with Gasteiger partial charge in [0.05, 0.1) is 0 Å². The zero-order valence-corrected chi connectivity index (χ0v) is 12.9. The summed E-state index contributed by atoms with van der Waals surface area (Å²) >= 11 is 0. The van der Waals surface area contributed by atoms with Gasteiger partial charge in [0, 0.05) is 19.1 Å². The van der Waals surface area contributed by atoms with Crippen LogP contribution in [0, 0.1) is 0 Å². The Morgan fingerprint density at radius 1 is 1.20 bits per heavy atom. The van der Waals surface area contributed by atoms with Crippen LogP contribution in [0.25, 0.3) is 0 Å². The van der Waals surface area contributed by atoms with Crippen LogP contribution in [0.1, 0.15) is 46.5 Å². The van der Waals surface area contributed by atoms with Crippen LogP contribution in [0.3, 0.4) is 0 Å². The van der Waals surface area contributed by atoms with Gasteiger partial charge in [-0.3, -0.25) is 9.59 Å². The predicted octanol–water partition coefficient (Wildman–Crippen LogP) is 0.986. The summed E-state index contributed by atoms with van der Waals surface area (Å²) in [5.41, 5.74) is 0. The van der Waals surface area contributed by atoms with Gasteiger partial charge in [0.2, 0.25) is 11.8 Å². The fourth-order valence-electron chi connectivity index (χ4n) is 3.36. The molecule has 114 valence electrons. The quantitative estimate of drug-likeness (QED) is 0.836. The van der Waals surface area contributed by atoms with Gasteiger partial charge in [0.1, 0.15) is 12.1 Å². The number of hydrogen-bond acceptors (Lipinski definition) is 3. The second kappa shape index (κ2) is 6.57. The predicted molar refractivity (Wildman–Crippen MR) is 78.3 cm³/mol. The van der Waals surface area contributed by atoms with Crippen molar-refractivity contribution in [3.05, 3.63) is 0 Å². The van der Waals surface area contributed by atoms with E-state index in [1.807, 2.05) is 18.7 Å². The molecule has 20 heavy (non-hydrogen) atoms. The molecule has 0 spiro atoms. The molecule has 0 saturated carbocycles. The van der Waals surface area contributed by atoms with E-state index in [1.165, 1.54) is 6.42 Å². The highest BCUT2D eigenvalue weighted by Gasteiger charge is 2.41. The number of piperidine rings is 1. The average molecular weight is 281 g/mol. The Kier molecular flexibility index (Phi) is 5.02. The first-order valence-electron chi connectivity index (χ1n) is 7.93. The molecule has 0 radical (unpaired) electrons. The molecule has 2 rings (SSSR count). The van der Waals surface area contributed by atoms with Crippen molar-refractivity contribution >= 4 is 11.8 Å². The van der Waals surface area contributed by atoms with Gasteiger partial charge in [-0.25, -0.2) is 0 Å². The summed E-state index contributed by atoms with van der Waals surface area (Å²) in [6.45, 7) is 9.19. The van der Waals surface area contributed by atoms with E-state index in [9.17, 15) is 9.59 Å². The number of piperazine rings is 1. The van der Waals surface area contributed by atoms with Crippen LogP contribution in [-0.2, 0) is 9.59 Å². The number of carbonyl (C=O) groups excluding carboxylic acids is 2. The first kappa shape index (κ1) is 15.3. The normalized spacial score (nSPS) is 29.6. The Hall–Kier alpha value is -1.10. The minimum atomic E-state index is -0.327. The van der Waals surface area contributed by atoms with Crippen molar-refractivity contribution in [2.75, 3.05) is 19.6 Å². The van der Waals surface area contributed by atoms with Crippen molar-refractivity contribution in [2.24, 2.45) is 0 Å². The van der Waals surface area contributed by atoms with Crippen LogP contribution in [0.5, 0.6) is 0 Å². The minimum Gasteiger partial charge on any atom is -0.343 e. The lowest BCUT2D eigenvalue weighted by Gasteiger charge is -2.45. The maximum Gasteiger partial charge on any atom is 0.246 e. The van der Waals surface area contributed by atoms with Crippen molar-refractivity contribution < 1.29 is 9.59 Å². The fourth-order valence-corrected chi connectivity index (χ4v) is 3.36. The molecule has 0 aromatic heterocycles. The Morgan fingerprint density at radius 2 is 1.85 bits per heavy atom. The van der Waals surface area contributed by atoms with Crippen LogP contribution >= 0.6 is 0 Å². The van der Waals surface area contributed by atoms with E-state index in [1.54, 1.807) is 0 Å². The Bertz CT molecular complexity index is 364. The zero-order chi connectivity index (χ0) is 14.7. The molecule has 5 nitrogen and oxygen atoms in total. The summed E-state index contributed by atoms with van der Waals surface area (Å²) in [4.78, 5) is 28.8. The summed E-state index contributed by atoms with van der Waals surface area (Å²) in [5, 5.41) is 2.82. The highest BCUT2D eigenvalue weighted by molar-refractivity contribution is 5.96. The van der Waals surface area contributed by atoms with Crippen molar-refractivity contribution in [1.29, 1.82) is 0 Å². The molecular weight excluding hydrogens is 254 g/mol. The smallest absolute Gasteiger partial charge is 0.246 e. The number of nitrogens with one attached hydrogen (secondary N) is 1. The Labute approximate surface area is 121 Å². The largest absolute Gasteiger partial charge is 0.343 e. The SMILES string of the molecule is CCCN1CCC(N2C(=O)C(CC)NC(=O)C2C)CC1. The highest BCUT2D eigenvalue weighted by atomic mass is 16.2. The topological polar surface area (TPSA) is 52.6 Å². The molecule has 1 N–H and O–H groups in total. The number of hydrogen-bond donors (Lipinski definition) is 1. The number of amides is 2. The van der Waals surface area contributed by atoms with Crippen molar-refractivity contribution in [1.82, 2.24) is 15.1 Å². The maximum atomic E-state index is 12.5. The van der Waals surface area contributed by atoms with Gasteiger partial charge >= 0.3 is 0 Å². The van der Waals surface area contributed by atoms with Crippen LogP contribution < -0.4 is 5.32 Å². The first-order chi connectivity index (χ1) is 9.58. The molecule has 2 fully saturated rings. The number of rotatable bonds is 4. The lowest BCUT2D eigenvalue weighted by molar-refractivity contribution is -0.152. The lowest BCUT2D eigenvalue weighted by Crippen LogP contribution is -2.65. The molecule has 2 aliphatic heterocycles. The zero-order valence-electron chi connectivity index (χ0n) is 12.9. The van der Waals surface area contributed by atoms with Crippen LogP contribution in [-0.4, -0.2) is 59.4 Å². The lowest BCUT2D eigenvalue weighted by atomic mass is 9.97. The molecule has 2 unspecified atom stereocenters. The second-order valence-corrected chi connectivity index (χ2v) is 5.96. The molecule has 2 amide bonds. The second-order valence-electron chi connectivity index (χ2n) is 5.96. The van der Waals surface area contributed by atoms with E-state index in [4.69, 9.17) is 0 Å². The minimum absolute atomic E-state index is 0.00700. The van der Waals surface area contributed by atoms with Crippen LogP contribution in [0.2, 0.25) is 0 Å². The molecule has 0 aromatic carbocycles. The fraction of sp³-hybridized carbons (Fsp3) is 0.867. The van der Waals surface area contributed by atoms with Crippen molar-refractivity contribution in [3.63, 3.8) is 0 Å². The van der Waals surface area contributed by atoms with Gasteiger partial charge in [-0.05, 0) is 39.2 Å². The van der Waals surface area contributed by atoms with Gasteiger partial charge in [0.25, 0.3) is 0 Å². The molecule has 0 bridgehead atoms. The van der Waals surface area contributed by atoms with Crippen LogP contribution in [0.15, 0.2) is 0 Å². The van der Waals surface area contributed by atoms with E-state index >= 15 is 0 Å². The van der Waals surface area contributed by atoms with E-state index in [0.717, 1.165) is 32.5 Å². The van der Waals surface area contributed by atoms with Gasteiger partial charge < -0.3 is 15.1 Å². The van der Waals surface area contributed by atoms with E-state index < -0.39 is 0 Å². The maximum absolute atomic E-state index is 12.5. The summed E-state index contributed by atoms with van der Waals surface area (Å²) in [6, 6.07) is -0.425. The molecule has 2 atom stereocenters. The van der Waals surface area contributed by atoms with Crippen LogP contribution in [0.4, 0.5) is 0 Å². The average Bonchev–Trinajstić information content (AvgIpc) is 2.45. The molecule has 0 aliphatic carbocycles. The summed E-state index contributed by atoms with van der Waals surface area (Å²) < 4.78 is 0. The standard InChI is InChI=1S/C15H27N3O2/c1-4-8-17-9-6-12(7-10-17)18-11(3)14(19)16-13(5-2)15(18)20/h11-13H,4-10H2,1-3H3,(H,16,19). The molecule has 5 heteroatoms. The summed E-state index contributed by atoms with van der Waals surface area (Å²) in [6.07, 6.45) is 3.81. The molecule has 2 aliphatic rings. The number of nitrogens with zero attached hydrogens (tertiary/aromatic N) is 2. The monoisotopic (exact) mass is 281 g/mol.